The Balaban J connectivity index is 1.10. The van der Waals surface area contributed by atoms with Gasteiger partial charge in [0.15, 0.2) is 0 Å². The second-order valence-corrected chi connectivity index (χ2v) is 11.9. The normalized spacial score (nSPS) is 19.4. The van der Waals surface area contributed by atoms with E-state index in [1.807, 2.05) is 72.5 Å². The molecule has 222 valence electrons. The van der Waals surface area contributed by atoms with Crippen molar-refractivity contribution in [1.82, 2.24) is 14.7 Å². The number of amides is 2. The first-order valence-corrected chi connectivity index (χ1v) is 15.6. The molecular formula is C37H41N3O3. The van der Waals surface area contributed by atoms with Crippen LogP contribution in [0.25, 0.3) is 10.8 Å². The Kier molecular flexibility index (Phi) is 9.04. The third-order valence-corrected chi connectivity index (χ3v) is 9.25. The topological polar surface area (TPSA) is 53.1 Å². The summed E-state index contributed by atoms with van der Waals surface area (Å²) in [6, 6.07) is 34.8. The monoisotopic (exact) mass is 575 g/mol. The number of carbonyl (C=O) groups is 2. The van der Waals surface area contributed by atoms with Crippen molar-refractivity contribution in [3.05, 3.63) is 120 Å². The summed E-state index contributed by atoms with van der Waals surface area (Å²) in [4.78, 5) is 33.4. The number of fused-ring (bicyclic) bond motifs is 1. The van der Waals surface area contributed by atoms with Crippen LogP contribution in [0.15, 0.2) is 103 Å². The molecule has 0 saturated carbocycles. The molecule has 4 aromatic carbocycles. The summed E-state index contributed by atoms with van der Waals surface area (Å²) in [6.45, 7) is 7.24. The second kappa shape index (κ2) is 13.4. The average molecular weight is 576 g/mol. The van der Waals surface area contributed by atoms with Crippen molar-refractivity contribution in [3.8, 4) is 0 Å². The molecule has 0 aromatic heterocycles. The minimum absolute atomic E-state index is 0.117. The third kappa shape index (κ3) is 6.60. The number of carbonyl (C=O) groups excluding carboxylic acids is 2. The molecule has 2 amide bonds. The van der Waals surface area contributed by atoms with Gasteiger partial charge in [-0.3, -0.25) is 4.79 Å². The van der Waals surface area contributed by atoms with Gasteiger partial charge < -0.3 is 19.4 Å². The Morgan fingerprint density at radius 3 is 2.23 bits per heavy atom. The van der Waals surface area contributed by atoms with Crippen molar-refractivity contribution in [2.45, 2.75) is 38.3 Å². The molecule has 2 saturated heterocycles. The Labute approximate surface area is 254 Å². The smallest absolute Gasteiger partial charge is 0.410 e. The molecule has 0 aliphatic carbocycles. The van der Waals surface area contributed by atoms with Gasteiger partial charge in [0.2, 0.25) is 0 Å². The molecule has 2 fully saturated rings. The summed E-state index contributed by atoms with van der Waals surface area (Å²) in [5, 5.41) is 2.11. The summed E-state index contributed by atoms with van der Waals surface area (Å²) < 4.78 is 5.67. The second-order valence-electron chi connectivity index (χ2n) is 11.9. The van der Waals surface area contributed by atoms with E-state index in [1.54, 1.807) is 0 Å². The first-order chi connectivity index (χ1) is 21.1. The molecule has 2 aliphatic heterocycles. The molecule has 2 heterocycles. The fourth-order valence-electron chi connectivity index (χ4n) is 6.97. The fourth-order valence-corrected chi connectivity index (χ4v) is 6.97. The van der Waals surface area contributed by atoms with Gasteiger partial charge >= 0.3 is 6.09 Å². The van der Waals surface area contributed by atoms with E-state index >= 15 is 0 Å². The van der Waals surface area contributed by atoms with Crippen LogP contribution in [0, 0.1) is 5.92 Å². The van der Waals surface area contributed by atoms with Crippen LogP contribution in [-0.2, 0) is 11.3 Å². The third-order valence-electron chi connectivity index (χ3n) is 9.25. The molecule has 0 spiro atoms. The van der Waals surface area contributed by atoms with E-state index in [4.69, 9.17) is 4.74 Å². The number of benzene rings is 4. The van der Waals surface area contributed by atoms with E-state index in [-0.39, 0.29) is 24.0 Å². The lowest BCUT2D eigenvalue weighted by Gasteiger charge is -2.38. The highest BCUT2D eigenvalue weighted by Crippen LogP contribution is 2.35. The number of piperidine rings is 1. The molecule has 4 aromatic rings. The number of nitrogens with zero attached hydrogens (tertiary/aromatic N) is 3. The first-order valence-electron chi connectivity index (χ1n) is 15.6. The summed E-state index contributed by atoms with van der Waals surface area (Å²) in [5.74, 6) is 0.750. The maximum Gasteiger partial charge on any atom is 0.410 e. The Bertz CT molecular complexity index is 1510. The summed E-state index contributed by atoms with van der Waals surface area (Å²) in [5.41, 5.74) is 3.08. The predicted molar refractivity (Wildman–Crippen MR) is 171 cm³/mol. The minimum Gasteiger partial charge on any atom is -0.445 e. The standard InChI is InChI=1S/C37H41N3O3/c1-2-40(37(42)43-27-28-12-5-3-6-13-28)32-20-22-38(23-21-32)24-31-25-39(26-35(31)30-14-7-4-8-15-30)36(41)34-19-11-17-29-16-9-10-18-33(29)34/h3-19,31-32,35H,2,20-27H2,1H3. The number of rotatable bonds is 8. The first kappa shape index (κ1) is 28.9. The average Bonchev–Trinajstić information content (AvgIpc) is 3.49. The number of hydrogen-bond acceptors (Lipinski definition) is 4. The van der Waals surface area contributed by atoms with Crippen molar-refractivity contribution >= 4 is 22.8 Å². The molecule has 2 aliphatic rings. The van der Waals surface area contributed by atoms with Crippen LogP contribution in [0.1, 0.15) is 47.2 Å². The largest absolute Gasteiger partial charge is 0.445 e. The summed E-state index contributed by atoms with van der Waals surface area (Å²) in [6.07, 6.45) is 1.62. The highest BCUT2D eigenvalue weighted by molar-refractivity contribution is 6.07. The van der Waals surface area contributed by atoms with Crippen molar-refractivity contribution in [3.63, 3.8) is 0 Å². The lowest BCUT2D eigenvalue weighted by atomic mass is 9.88. The number of hydrogen-bond donors (Lipinski definition) is 0. The van der Waals surface area contributed by atoms with E-state index in [0.717, 1.165) is 67.5 Å². The molecule has 2 unspecified atom stereocenters. The van der Waals surface area contributed by atoms with Crippen LogP contribution in [0.4, 0.5) is 4.79 Å². The Hall–Kier alpha value is -4.16. The van der Waals surface area contributed by atoms with Gasteiger partial charge in [0, 0.05) is 56.8 Å². The molecule has 0 bridgehead atoms. The summed E-state index contributed by atoms with van der Waals surface area (Å²) >= 11 is 0. The molecule has 0 radical (unpaired) electrons. The van der Waals surface area contributed by atoms with Gasteiger partial charge in [0.1, 0.15) is 6.61 Å². The molecule has 2 atom stereocenters. The van der Waals surface area contributed by atoms with E-state index in [1.165, 1.54) is 5.56 Å². The van der Waals surface area contributed by atoms with E-state index in [2.05, 4.69) is 52.3 Å². The fraction of sp³-hybridized carbons (Fsp3) is 0.351. The zero-order chi connectivity index (χ0) is 29.6. The van der Waals surface area contributed by atoms with Crippen LogP contribution >= 0.6 is 0 Å². The van der Waals surface area contributed by atoms with E-state index in [0.29, 0.717) is 19.1 Å². The maximum absolute atomic E-state index is 13.9. The zero-order valence-electron chi connectivity index (χ0n) is 25.0. The van der Waals surface area contributed by atoms with Crippen LogP contribution in [0.5, 0.6) is 0 Å². The van der Waals surface area contributed by atoms with Crippen LogP contribution in [0.2, 0.25) is 0 Å². The van der Waals surface area contributed by atoms with Crippen molar-refractivity contribution < 1.29 is 14.3 Å². The van der Waals surface area contributed by atoms with Gasteiger partial charge in [-0.1, -0.05) is 97.1 Å². The molecule has 6 heteroatoms. The minimum atomic E-state index is -0.229. The van der Waals surface area contributed by atoms with Crippen LogP contribution < -0.4 is 0 Å². The molecular weight excluding hydrogens is 534 g/mol. The van der Waals surface area contributed by atoms with Gasteiger partial charge in [-0.25, -0.2) is 4.79 Å². The van der Waals surface area contributed by atoms with Crippen molar-refractivity contribution in [1.29, 1.82) is 0 Å². The van der Waals surface area contributed by atoms with Crippen LogP contribution in [0.3, 0.4) is 0 Å². The Morgan fingerprint density at radius 2 is 1.49 bits per heavy atom. The van der Waals surface area contributed by atoms with Gasteiger partial charge in [-0.2, -0.15) is 0 Å². The quantitative estimate of drug-likeness (QED) is 0.231. The van der Waals surface area contributed by atoms with Crippen molar-refractivity contribution in [2.24, 2.45) is 5.92 Å². The zero-order valence-corrected chi connectivity index (χ0v) is 25.0. The SMILES string of the molecule is CCN(C(=O)OCc1ccccc1)C1CCN(CC2CN(C(=O)c3cccc4ccccc34)CC2c2ccccc2)CC1. The van der Waals surface area contributed by atoms with Crippen molar-refractivity contribution in [2.75, 3.05) is 39.3 Å². The molecule has 0 N–H and O–H groups in total. The van der Waals surface area contributed by atoms with Gasteiger partial charge in [0.05, 0.1) is 0 Å². The van der Waals surface area contributed by atoms with E-state index < -0.39 is 0 Å². The lowest BCUT2D eigenvalue weighted by molar-refractivity contribution is 0.0602. The van der Waals surface area contributed by atoms with Gasteiger partial charge in [-0.05, 0) is 53.6 Å². The predicted octanol–water partition coefficient (Wildman–Crippen LogP) is 6.82. The Morgan fingerprint density at radius 1 is 0.814 bits per heavy atom. The highest BCUT2D eigenvalue weighted by Gasteiger charge is 2.38. The lowest BCUT2D eigenvalue weighted by Crippen LogP contribution is -2.48. The summed E-state index contributed by atoms with van der Waals surface area (Å²) in [7, 11) is 0. The maximum atomic E-state index is 13.9. The van der Waals surface area contributed by atoms with Crippen LogP contribution in [-0.4, -0.2) is 72.0 Å². The van der Waals surface area contributed by atoms with E-state index in [9.17, 15) is 9.59 Å². The molecule has 6 nitrogen and oxygen atoms in total. The van der Waals surface area contributed by atoms with Gasteiger partial charge in [-0.15, -0.1) is 0 Å². The van der Waals surface area contributed by atoms with Gasteiger partial charge in [0.25, 0.3) is 5.91 Å². The number of likely N-dealkylation sites (tertiary alicyclic amines) is 2. The highest BCUT2D eigenvalue weighted by atomic mass is 16.6. The molecule has 6 rings (SSSR count). The number of ether oxygens (including phenoxy) is 1. The molecule has 43 heavy (non-hydrogen) atoms.